The predicted molar refractivity (Wildman–Crippen MR) is 45.6 cm³/mol. The average molecular weight is 186 g/mol. The molecule has 0 bridgehead atoms. The Morgan fingerprint density at radius 3 is 2.92 bits per heavy atom. The summed E-state index contributed by atoms with van der Waals surface area (Å²) >= 11 is 0. The van der Waals surface area contributed by atoms with Gasteiger partial charge in [-0.15, -0.1) is 0 Å². The summed E-state index contributed by atoms with van der Waals surface area (Å²) < 4.78 is 26.6. The Bertz CT molecular complexity index is 279. The van der Waals surface area contributed by atoms with Crippen LogP contribution in [0.4, 0.5) is 8.78 Å². The van der Waals surface area contributed by atoms with E-state index < -0.39 is 12.0 Å². The van der Waals surface area contributed by atoms with Crippen molar-refractivity contribution in [2.24, 2.45) is 0 Å². The van der Waals surface area contributed by atoms with Crippen LogP contribution >= 0.6 is 0 Å². The van der Waals surface area contributed by atoms with E-state index in [1.165, 1.54) is 6.08 Å². The summed E-state index contributed by atoms with van der Waals surface area (Å²) in [5.41, 5.74) is 0.715. The second-order valence-corrected chi connectivity index (χ2v) is 3.65. The Labute approximate surface area is 75.8 Å². The molecule has 72 valence electrons. The minimum Gasteiger partial charge on any atom is -0.389 e. The van der Waals surface area contributed by atoms with Gasteiger partial charge in [0.05, 0.1) is 6.10 Å². The number of rotatable bonds is 0. The number of aliphatic hydroxyl groups excluding tert-OH is 1. The van der Waals surface area contributed by atoms with Gasteiger partial charge in [0.2, 0.25) is 0 Å². The standard InChI is InChI=1S/C10H12F2O/c11-10(12)6-2-4-7-3-1-5-8(13)9(7)10/h2,6,8,13H,1,3-5H2. The third kappa shape index (κ3) is 1.41. The fourth-order valence-electron chi connectivity index (χ4n) is 2.13. The number of hydrogen-bond acceptors (Lipinski definition) is 1. The van der Waals surface area contributed by atoms with Gasteiger partial charge in [0.15, 0.2) is 0 Å². The fraction of sp³-hybridized carbons (Fsp3) is 0.600. The third-order valence-electron chi connectivity index (χ3n) is 2.72. The average Bonchev–Trinajstić information content (AvgIpc) is 2.02. The van der Waals surface area contributed by atoms with Crippen molar-refractivity contribution in [1.82, 2.24) is 0 Å². The number of alkyl halides is 2. The lowest BCUT2D eigenvalue weighted by atomic mass is 9.81. The van der Waals surface area contributed by atoms with Crippen molar-refractivity contribution in [2.45, 2.75) is 37.7 Å². The van der Waals surface area contributed by atoms with Crippen molar-refractivity contribution >= 4 is 0 Å². The first-order chi connectivity index (χ1) is 6.11. The topological polar surface area (TPSA) is 20.2 Å². The fourth-order valence-corrected chi connectivity index (χ4v) is 2.13. The van der Waals surface area contributed by atoms with Crippen LogP contribution in [0.1, 0.15) is 25.7 Å². The molecule has 0 aliphatic heterocycles. The monoisotopic (exact) mass is 186 g/mol. The van der Waals surface area contributed by atoms with Crippen LogP contribution in [0.15, 0.2) is 23.3 Å². The highest BCUT2D eigenvalue weighted by molar-refractivity contribution is 5.36. The van der Waals surface area contributed by atoms with Crippen molar-refractivity contribution in [3.8, 4) is 0 Å². The molecule has 0 fully saturated rings. The Morgan fingerprint density at radius 2 is 2.23 bits per heavy atom. The molecule has 0 spiro atoms. The number of allylic oxidation sites excluding steroid dienone is 3. The number of aliphatic hydroxyl groups is 1. The Morgan fingerprint density at radius 1 is 1.46 bits per heavy atom. The third-order valence-corrected chi connectivity index (χ3v) is 2.72. The first-order valence-corrected chi connectivity index (χ1v) is 4.57. The molecular weight excluding hydrogens is 174 g/mol. The molecule has 2 aliphatic rings. The van der Waals surface area contributed by atoms with E-state index in [4.69, 9.17) is 0 Å². The minimum atomic E-state index is -2.91. The van der Waals surface area contributed by atoms with Crippen LogP contribution in [-0.4, -0.2) is 17.1 Å². The molecule has 0 saturated heterocycles. The van der Waals surface area contributed by atoms with Gasteiger partial charge >= 0.3 is 0 Å². The van der Waals surface area contributed by atoms with E-state index in [1.807, 2.05) is 0 Å². The quantitative estimate of drug-likeness (QED) is 0.576. The summed E-state index contributed by atoms with van der Waals surface area (Å²) in [6.45, 7) is 0. The summed E-state index contributed by atoms with van der Waals surface area (Å²) in [6, 6.07) is 0. The van der Waals surface area contributed by atoms with Crippen LogP contribution in [-0.2, 0) is 0 Å². The second-order valence-electron chi connectivity index (χ2n) is 3.65. The molecule has 0 aromatic carbocycles. The molecule has 0 aromatic rings. The summed E-state index contributed by atoms with van der Waals surface area (Å²) in [6.07, 6.45) is 4.07. The zero-order valence-electron chi connectivity index (χ0n) is 7.26. The molecule has 0 saturated carbocycles. The smallest absolute Gasteiger partial charge is 0.290 e. The van der Waals surface area contributed by atoms with Gasteiger partial charge in [-0.05, 0) is 31.8 Å². The van der Waals surface area contributed by atoms with Crippen LogP contribution in [0.3, 0.4) is 0 Å². The van der Waals surface area contributed by atoms with E-state index in [2.05, 4.69) is 0 Å². The van der Waals surface area contributed by atoms with Gasteiger partial charge < -0.3 is 5.11 Å². The van der Waals surface area contributed by atoms with E-state index in [0.717, 1.165) is 18.1 Å². The number of hydrogen-bond donors (Lipinski definition) is 1. The van der Waals surface area contributed by atoms with Crippen LogP contribution in [0.5, 0.6) is 0 Å². The molecule has 1 N–H and O–H groups in total. The van der Waals surface area contributed by atoms with Crippen molar-refractivity contribution in [1.29, 1.82) is 0 Å². The summed E-state index contributed by atoms with van der Waals surface area (Å²) in [5, 5.41) is 9.47. The first kappa shape index (κ1) is 8.88. The molecule has 0 radical (unpaired) electrons. The SMILES string of the molecule is OC1CCCC2=C1C(F)(F)C=CC2. The molecule has 3 heteroatoms. The van der Waals surface area contributed by atoms with E-state index in [-0.39, 0.29) is 5.57 Å². The van der Waals surface area contributed by atoms with Gasteiger partial charge in [0.25, 0.3) is 5.92 Å². The van der Waals surface area contributed by atoms with E-state index in [9.17, 15) is 13.9 Å². The molecular formula is C10H12F2O. The second kappa shape index (κ2) is 2.91. The summed E-state index contributed by atoms with van der Waals surface area (Å²) in [7, 11) is 0. The Balaban J connectivity index is 2.40. The maximum atomic E-state index is 13.3. The molecule has 2 aliphatic carbocycles. The van der Waals surface area contributed by atoms with Crippen molar-refractivity contribution < 1.29 is 13.9 Å². The largest absolute Gasteiger partial charge is 0.389 e. The van der Waals surface area contributed by atoms with Gasteiger partial charge in [0, 0.05) is 5.57 Å². The highest BCUT2D eigenvalue weighted by Crippen LogP contribution is 2.41. The molecule has 1 unspecified atom stereocenters. The van der Waals surface area contributed by atoms with Gasteiger partial charge in [-0.3, -0.25) is 0 Å². The highest BCUT2D eigenvalue weighted by Gasteiger charge is 2.40. The first-order valence-electron chi connectivity index (χ1n) is 4.57. The number of halogens is 2. The normalized spacial score (nSPS) is 31.8. The Kier molecular flexibility index (Phi) is 1.99. The highest BCUT2D eigenvalue weighted by atomic mass is 19.3. The zero-order chi connectivity index (χ0) is 9.47. The van der Waals surface area contributed by atoms with Crippen LogP contribution in [0, 0.1) is 0 Å². The van der Waals surface area contributed by atoms with E-state index in [0.29, 0.717) is 19.3 Å². The summed E-state index contributed by atoms with van der Waals surface area (Å²) in [5.74, 6) is -2.91. The summed E-state index contributed by atoms with van der Waals surface area (Å²) in [4.78, 5) is 0. The lowest BCUT2D eigenvalue weighted by molar-refractivity contribution is 0.0496. The van der Waals surface area contributed by atoms with E-state index >= 15 is 0 Å². The van der Waals surface area contributed by atoms with Gasteiger partial charge in [0.1, 0.15) is 0 Å². The van der Waals surface area contributed by atoms with Crippen LogP contribution in [0.2, 0.25) is 0 Å². The van der Waals surface area contributed by atoms with Crippen molar-refractivity contribution in [3.63, 3.8) is 0 Å². The van der Waals surface area contributed by atoms with Crippen LogP contribution < -0.4 is 0 Å². The van der Waals surface area contributed by atoms with Gasteiger partial charge in [-0.2, -0.15) is 8.78 Å². The Hall–Kier alpha value is -0.700. The predicted octanol–water partition coefficient (Wildman–Crippen LogP) is 2.42. The van der Waals surface area contributed by atoms with E-state index in [1.54, 1.807) is 0 Å². The van der Waals surface area contributed by atoms with Crippen LogP contribution in [0.25, 0.3) is 0 Å². The maximum absolute atomic E-state index is 13.3. The zero-order valence-corrected chi connectivity index (χ0v) is 7.26. The lowest BCUT2D eigenvalue weighted by Gasteiger charge is -2.31. The molecule has 1 atom stereocenters. The molecule has 0 heterocycles. The molecule has 1 nitrogen and oxygen atoms in total. The minimum absolute atomic E-state index is 0.0266. The molecule has 0 amide bonds. The van der Waals surface area contributed by atoms with Gasteiger partial charge in [-0.25, -0.2) is 0 Å². The van der Waals surface area contributed by atoms with Crippen molar-refractivity contribution in [3.05, 3.63) is 23.3 Å². The van der Waals surface area contributed by atoms with Gasteiger partial charge in [-0.1, -0.05) is 11.6 Å². The molecule has 13 heavy (non-hydrogen) atoms. The molecule has 2 rings (SSSR count). The van der Waals surface area contributed by atoms with Crippen molar-refractivity contribution in [2.75, 3.05) is 0 Å². The molecule has 0 aromatic heterocycles. The lowest BCUT2D eigenvalue weighted by Crippen LogP contribution is -2.32. The maximum Gasteiger partial charge on any atom is 0.290 e.